The van der Waals surface area contributed by atoms with Gasteiger partial charge in [-0.05, 0) is 55.8 Å². The molecule has 1 aliphatic rings. The van der Waals surface area contributed by atoms with Crippen LogP contribution in [-0.4, -0.2) is 34.1 Å². The van der Waals surface area contributed by atoms with Crippen molar-refractivity contribution in [1.82, 2.24) is 25.8 Å². The maximum Gasteiger partial charge on any atom is 0.249 e. The van der Waals surface area contributed by atoms with E-state index in [1.165, 1.54) is 12.8 Å². The summed E-state index contributed by atoms with van der Waals surface area (Å²) in [4.78, 5) is 21.1. The molecule has 1 aliphatic heterocycles. The van der Waals surface area contributed by atoms with Gasteiger partial charge in [-0.2, -0.15) is 4.98 Å². The number of rotatable bonds is 7. The molecule has 3 rings (SSSR count). The molecule has 7 nitrogen and oxygen atoms in total. The summed E-state index contributed by atoms with van der Waals surface area (Å²) in [6.07, 6.45) is 6.27. The number of halogens is 2. The summed E-state index contributed by atoms with van der Waals surface area (Å²) in [5.41, 5.74) is 0.840. The van der Waals surface area contributed by atoms with Gasteiger partial charge in [0.15, 0.2) is 0 Å². The first-order chi connectivity index (χ1) is 13.0. The molecule has 3 atom stereocenters. The molecule has 0 bridgehead atoms. The lowest BCUT2D eigenvalue weighted by Gasteiger charge is -2.28. The number of amides is 1. The van der Waals surface area contributed by atoms with E-state index in [2.05, 4.69) is 32.7 Å². The predicted molar refractivity (Wildman–Crippen MR) is 117 cm³/mol. The Balaban J connectivity index is 0.00000210. The van der Waals surface area contributed by atoms with Crippen LogP contribution in [0.3, 0.4) is 0 Å². The minimum absolute atomic E-state index is 0. The molecular formula is C20H31Cl2N5O2. The molecule has 3 heterocycles. The largest absolute Gasteiger partial charge is 0.344 e. The van der Waals surface area contributed by atoms with Crippen LogP contribution in [-0.2, 0) is 4.79 Å². The lowest BCUT2D eigenvalue weighted by molar-refractivity contribution is -0.123. The molecular weight excluding hydrogens is 413 g/mol. The van der Waals surface area contributed by atoms with Crippen molar-refractivity contribution in [3.05, 3.63) is 30.4 Å². The van der Waals surface area contributed by atoms with Crippen molar-refractivity contribution in [2.45, 2.75) is 46.1 Å². The van der Waals surface area contributed by atoms with E-state index in [-0.39, 0.29) is 42.7 Å². The minimum Gasteiger partial charge on any atom is -0.344 e. The average molecular weight is 444 g/mol. The van der Waals surface area contributed by atoms with Crippen LogP contribution in [0.2, 0.25) is 0 Å². The molecule has 2 N–H and O–H groups in total. The monoisotopic (exact) mass is 443 g/mol. The normalized spacial score (nSPS) is 18.3. The highest BCUT2D eigenvalue weighted by atomic mass is 35.5. The van der Waals surface area contributed by atoms with Gasteiger partial charge in [0.25, 0.3) is 0 Å². The number of carbonyl (C=O) groups excluding carboxylic acids is 1. The van der Waals surface area contributed by atoms with E-state index in [1.54, 1.807) is 12.4 Å². The van der Waals surface area contributed by atoms with E-state index in [1.807, 2.05) is 26.0 Å². The van der Waals surface area contributed by atoms with Crippen molar-refractivity contribution in [2.75, 3.05) is 13.1 Å². The third kappa shape index (κ3) is 6.94. The Kier molecular flexibility index (Phi) is 10.6. The van der Waals surface area contributed by atoms with E-state index < -0.39 is 0 Å². The van der Waals surface area contributed by atoms with Gasteiger partial charge in [0.1, 0.15) is 6.04 Å². The van der Waals surface area contributed by atoms with E-state index in [0.29, 0.717) is 30.0 Å². The van der Waals surface area contributed by atoms with Gasteiger partial charge < -0.3 is 15.2 Å². The number of nitrogens with one attached hydrogen (secondary N) is 2. The van der Waals surface area contributed by atoms with Gasteiger partial charge in [0.2, 0.25) is 17.6 Å². The number of hydrogen-bond donors (Lipinski definition) is 2. The molecule has 3 unspecified atom stereocenters. The second-order valence-corrected chi connectivity index (χ2v) is 7.77. The van der Waals surface area contributed by atoms with Gasteiger partial charge in [-0.25, -0.2) is 0 Å². The summed E-state index contributed by atoms with van der Waals surface area (Å²) in [7, 11) is 0. The Bertz CT molecular complexity index is 735. The number of carbonyl (C=O) groups is 1. The van der Waals surface area contributed by atoms with Gasteiger partial charge in [-0.15, -0.1) is 24.8 Å². The Labute approximate surface area is 184 Å². The first-order valence-electron chi connectivity index (χ1n) is 9.78. The SMILES string of the molecule is CC(C)C(NC(=O)CC(C)C1CCCNC1)c1nc(-c2ccncc2)no1.Cl.Cl. The molecule has 2 aromatic heterocycles. The summed E-state index contributed by atoms with van der Waals surface area (Å²) in [5, 5.41) is 10.6. The molecule has 1 amide bonds. The zero-order valence-electron chi connectivity index (χ0n) is 17.1. The van der Waals surface area contributed by atoms with Crippen molar-refractivity contribution >= 4 is 30.7 Å². The quantitative estimate of drug-likeness (QED) is 0.675. The number of aromatic nitrogens is 3. The van der Waals surface area contributed by atoms with Crippen LogP contribution < -0.4 is 10.6 Å². The van der Waals surface area contributed by atoms with E-state index in [0.717, 1.165) is 18.7 Å². The molecule has 0 radical (unpaired) electrons. The van der Waals surface area contributed by atoms with E-state index >= 15 is 0 Å². The molecule has 9 heteroatoms. The highest BCUT2D eigenvalue weighted by Crippen LogP contribution is 2.25. The lowest BCUT2D eigenvalue weighted by atomic mass is 9.85. The predicted octanol–water partition coefficient (Wildman–Crippen LogP) is 3.81. The van der Waals surface area contributed by atoms with Gasteiger partial charge in [0, 0.05) is 24.4 Å². The number of piperidine rings is 1. The summed E-state index contributed by atoms with van der Waals surface area (Å²) < 4.78 is 5.46. The average Bonchev–Trinajstić information content (AvgIpc) is 3.17. The Morgan fingerprint density at radius 2 is 2.00 bits per heavy atom. The third-order valence-corrected chi connectivity index (χ3v) is 5.28. The number of nitrogens with zero attached hydrogens (tertiary/aromatic N) is 3. The maximum atomic E-state index is 12.6. The van der Waals surface area contributed by atoms with E-state index in [4.69, 9.17) is 4.52 Å². The molecule has 0 aliphatic carbocycles. The van der Waals surface area contributed by atoms with Crippen LogP contribution in [0, 0.1) is 17.8 Å². The second kappa shape index (κ2) is 12.1. The van der Waals surface area contributed by atoms with Crippen molar-refractivity contribution < 1.29 is 9.32 Å². The molecule has 0 saturated carbocycles. The highest BCUT2D eigenvalue weighted by Gasteiger charge is 2.27. The van der Waals surface area contributed by atoms with Crippen molar-refractivity contribution in [3.63, 3.8) is 0 Å². The molecule has 29 heavy (non-hydrogen) atoms. The zero-order valence-corrected chi connectivity index (χ0v) is 18.8. The molecule has 1 fully saturated rings. The van der Waals surface area contributed by atoms with E-state index in [9.17, 15) is 4.79 Å². The molecule has 0 aromatic carbocycles. The van der Waals surface area contributed by atoms with Crippen molar-refractivity contribution in [1.29, 1.82) is 0 Å². The Morgan fingerprint density at radius 1 is 1.28 bits per heavy atom. The van der Waals surface area contributed by atoms with Gasteiger partial charge in [0.05, 0.1) is 0 Å². The molecule has 0 spiro atoms. The fraction of sp³-hybridized carbons (Fsp3) is 0.600. The van der Waals surface area contributed by atoms with Gasteiger partial charge in [-0.3, -0.25) is 9.78 Å². The molecule has 2 aromatic rings. The van der Waals surface area contributed by atoms with Crippen LogP contribution in [0.1, 0.15) is 52.0 Å². The van der Waals surface area contributed by atoms with Crippen LogP contribution in [0.15, 0.2) is 29.0 Å². The second-order valence-electron chi connectivity index (χ2n) is 7.77. The summed E-state index contributed by atoms with van der Waals surface area (Å²) in [5.74, 6) is 2.04. The van der Waals surface area contributed by atoms with Crippen molar-refractivity contribution in [2.24, 2.45) is 17.8 Å². The standard InChI is InChI=1S/C20H29N5O2.2ClH/c1-13(2)18(20-24-19(25-27-20)15-6-9-21-10-7-15)23-17(26)11-14(3)16-5-4-8-22-12-16;;/h6-7,9-10,13-14,16,18,22H,4-5,8,11-12H2,1-3H3,(H,23,26);2*1H. The summed E-state index contributed by atoms with van der Waals surface area (Å²) in [6, 6.07) is 3.37. The summed E-state index contributed by atoms with van der Waals surface area (Å²) >= 11 is 0. The Hall–Kier alpha value is -1.70. The van der Waals surface area contributed by atoms with Gasteiger partial charge >= 0.3 is 0 Å². The fourth-order valence-corrected chi connectivity index (χ4v) is 3.55. The van der Waals surface area contributed by atoms with Gasteiger partial charge in [-0.1, -0.05) is 25.9 Å². The first-order valence-corrected chi connectivity index (χ1v) is 9.78. The summed E-state index contributed by atoms with van der Waals surface area (Å²) in [6.45, 7) is 8.32. The first kappa shape index (κ1) is 25.3. The Morgan fingerprint density at radius 3 is 2.62 bits per heavy atom. The maximum absolute atomic E-state index is 12.6. The van der Waals surface area contributed by atoms with Crippen LogP contribution in [0.5, 0.6) is 0 Å². The number of hydrogen-bond acceptors (Lipinski definition) is 6. The number of pyridine rings is 1. The lowest BCUT2D eigenvalue weighted by Crippen LogP contribution is -2.37. The van der Waals surface area contributed by atoms with Crippen LogP contribution in [0.25, 0.3) is 11.4 Å². The minimum atomic E-state index is -0.294. The van der Waals surface area contributed by atoms with Crippen LogP contribution in [0.4, 0.5) is 0 Å². The fourth-order valence-electron chi connectivity index (χ4n) is 3.55. The smallest absolute Gasteiger partial charge is 0.249 e. The third-order valence-electron chi connectivity index (χ3n) is 5.28. The topological polar surface area (TPSA) is 92.9 Å². The molecule has 162 valence electrons. The van der Waals surface area contributed by atoms with Crippen molar-refractivity contribution in [3.8, 4) is 11.4 Å². The molecule has 1 saturated heterocycles. The highest BCUT2D eigenvalue weighted by molar-refractivity contribution is 5.85. The van der Waals surface area contributed by atoms with Crippen LogP contribution >= 0.6 is 24.8 Å². The zero-order chi connectivity index (χ0) is 19.2.